The summed E-state index contributed by atoms with van der Waals surface area (Å²) < 4.78 is 29.1. The fraction of sp³-hybridized carbons (Fsp3) is 0.212. The lowest BCUT2D eigenvalue weighted by Crippen LogP contribution is -2.53. The molecule has 0 saturated heterocycles. The Morgan fingerprint density at radius 3 is 2.02 bits per heavy atom. The maximum atomic E-state index is 14.3. The van der Waals surface area contributed by atoms with Crippen LogP contribution in [0.2, 0.25) is 10.0 Å². The van der Waals surface area contributed by atoms with Crippen molar-refractivity contribution in [3.05, 3.63) is 129 Å². The van der Waals surface area contributed by atoms with E-state index in [0.29, 0.717) is 21.3 Å². The number of likely N-dealkylation sites (N-methyl/N-ethyl adjacent to an activating group) is 1. The Morgan fingerprint density at radius 1 is 0.837 bits per heavy atom. The average molecular weight is 639 g/mol. The molecule has 0 unspecified atom stereocenters. The number of hydrogen-bond donors (Lipinski definition) is 1. The minimum atomic E-state index is -4.17. The monoisotopic (exact) mass is 637 g/mol. The molecule has 0 spiro atoms. The van der Waals surface area contributed by atoms with Crippen LogP contribution in [0.15, 0.2) is 102 Å². The van der Waals surface area contributed by atoms with E-state index in [4.69, 9.17) is 23.2 Å². The van der Waals surface area contributed by atoms with Crippen LogP contribution in [0.5, 0.6) is 0 Å². The zero-order chi connectivity index (χ0) is 31.1. The number of hydrogen-bond acceptors (Lipinski definition) is 4. The van der Waals surface area contributed by atoms with Crippen LogP contribution in [-0.2, 0) is 32.6 Å². The smallest absolute Gasteiger partial charge is 0.264 e. The summed E-state index contributed by atoms with van der Waals surface area (Å²) >= 11 is 12.6. The maximum absolute atomic E-state index is 14.3. The molecule has 0 fully saturated rings. The van der Waals surface area contributed by atoms with Crippen molar-refractivity contribution in [1.29, 1.82) is 0 Å². The Kier molecular flexibility index (Phi) is 10.5. The van der Waals surface area contributed by atoms with Crippen LogP contribution in [-0.4, -0.2) is 44.8 Å². The molecule has 4 rings (SSSR count). The van der Waals surface area contributed by atoms with E-state index >= 15 is 0 Å². The lowest BCUT2D eigenvalue weighted by molar-refractivity contribution is -0.139. The third-order valence-electron chi connectivity index (χ3n) is 7.08. The summed E-state index contributed by atoms with van der Waals surface area (Å²) in [7, 11) is -2.67. The highest BCUT2D eigenvalue weighted by Gasteiger charge is 2.34. The summed E-state index contributed by atoms with van der Waals surface area (Å²) in [5, 5.41) is 3.41. The first kappa shape index (κ1) is 32.1. The molecule has 43 heavy (non-hydrogen) atoms. The third kappa shape index (κ3) is 7.96. The van der Waals surface area contributed by atoms with Gasteiger partial charge in [-0.25, -0.2) is 8.42 Å². The highest BCUT2D eigenvalue weighted by molar-refractivity contribution is 7.92. The summed E-state index contributed by atoms with van der Waals surface area (Å²) in [5.41, 5.74) is 3.55. The van der Waals surface area contributed by atoms with E-state index < -0.39 is 34.4 Å². The van der Waals surface area contributed by atoms with Gasteiger partial charge in [0.05, 0.1) is 10.6 Å². The Labute approximate surface area is 263 Å². The highest BCUT2D eigenvalue weighted by Crippen LogP contribution is 2.27. The van der Waals surface area contributed by atoms with E-state index in [-0.39, 0.29) is 17.9 Å². The predicted molar refractivity (Wildman–Crippen MR) is 172 cm³/mol. The topological polar surface area (TPSA) is 86.8 Å². The number of carbonyl (C=O) groups excluding carboxylic acids is 2. The van der Waals surface area contributed by atoms with Crippen molar-refractivity contribution in [3.63, 3.8) is 0 Å². The number of nitrogens with one attached hydrogen (secondary N) is 1. The number of sulfonamides is 1. The first-order valence-electron chi connectivity index (χ1n) is 13.6. The van der Waals surface area contributed by atoms with E-state index in [2.05, 4.69) is 5.32 Å². The molecule has 4 aromatic carbocycles. The van der Waals surface area contributed by atoms with Crippen LogP contribution in [0.4, 0.5) is 5.69 Å². The number of halogens is 2. The van der Waals surface area contributed by atoms with Crippen LogP contribution in [0.1, 0.15) is 22.3 Å². The van der Waals surface area contributed by atoms with E-state index in [9.17, 15) is 18.0 Å². The number of carbonyl (C=O) groups is 2. The van der Waals surface area contributed by atoms with Crippen molar-refractivity contribution in [2.75, 3.05) is 17.9 Å². The first-order chi connectivity index (χ1) is 20.5. The van der Waals surface area contributed by atoms with E-state index in [1.54, 1.807) is 54.6 Å². The van der Waals surface area contributed by atoms with Gasteiger partial charge in [0, 0.05) is 30.1 Å². The molecular weight excluding hydrogens is 605 g/mol. The molecule has 0 aliphatic heterocycles. The van der Waals surface area contributed by atoms with Crippen molar-refractivity contribution >= 4 is 50.7 Å². The molecule has 4 aromatic rings. The van der Waals surface area contributed by atoms with E-state index in [1.165, 1.54) is 24.1 Å². The van der Waals surface area contributed by atoms with Gasteiger partial charge in [-0.1, -0.05) is 95.0 Å². The molecule has 0 heterocycles. The normalized spacial score (nSPS) is 11.9. The standard InChI is InChI=1S/C33H33Cl2N3O4S/c1-23-9-15-28(16-10-23)38(43(41,42)29-17-11-24(2)12-18-29)22-32(39)37(21-26-13-14-27(34)20-30(26)35)31(33(40)36-3)19-25-7-5-4-6-8-25/h4-18,20,31H,19,21-22H2,1-3H3,(H,36,40)/t31-/m1/s1. The quantitative estimate of drug-likeness (QED) is 0.212. The number of nitrogens with zero attached hydrogens (tertiary/aromatic N) is 2. The second-order valence-corrected chi connectivity index (χ2v) is 12.9. The van der Waals surface area contributed by atoms with Crippen LogP contribution in [0.3, 0.4) is 0 Å². The minimum absolute atomic E-state index is 0.0471. The van der Waals surface area contributed by atoms with Gasteiger partial charge in [-0.2, -0.15) is 0 Å². The van der Waals surface area contributed by atoms with Gasteiger partial charge in [-0.15, -0.1) is 0 Å². The summed E-state index contributed by atoms with van der Waals surface area (Å²) in [6.45, 7) is 3.16. The minimum Gasteiger partial charge on any atom is -0.357 e. The molecule has 2 amide bonds. The number of aryl methyl sites for hydroxylation is 2. The van der Waals surface area contributed by atoms with Crippen molar-refractivity contribution in [1.82, 2.24) is 10.2 Å². The zero-order valence-corrected chi connectivity index (χ0v) is 26.5. The second-order valence-electron chi connectivity index (χ2n) is 10.2. The van der Waals surface area contributed by atoms with Crippen LogP contribution < -0.4 is 9.62 Å². The Bertz CT molecular complexity index is 1680. The second kappa shape index (κ2) is 14.1. The number of amides is 2. The average Bonchev–Trinajstić information content (AvgIpc) is 2.99. The van der Waals surface area contributed by atoms with Gasteiger partial charge in [-0.3, -0.25) is 13.9 Å². The molecule has 0 aromatic heterocycles. The number of anilines is 1. The Hall–Kier alpha value is -3.85. The lowest BCUT2D eigenvalue weighted by Gasteiger charge is -2.33. The Balaban J connectivity index is 1.80. The van der Waals surface area contributed by atoms with Crippen LogP contribution in [0, 0.1) is 13.8 Å². The van der Waals surface area contributed by atoms with Crippen LogP contribution >= 0.6 is 23.2 Å². The van der Waals surface area contributed by atoms with Gasteiger partial charge in [0.2, 0.25) is 11.8 Å². The molecule has 7 nitrogen and oxygen atoms in total. The van der Waals surface area contributed by atoms with Crippen molar-refractivity contribution in [2.24, 2.45) is 0 Å². The molecular formula is C33H33Cl2N3O4S. The van der Waals surface area contributed by atoms with Gasteiger partial charge in [0.25, 0.3) is 10.0 Å². The molecule has 0 aliphatic carbocycles. The summed E-state index contributed by atoms with van der Waals surface area (Å²) in [4.78, 5) is 29.1. The lowest BCUT2D eigenvalue weighted by atomic mass is 10.0. The summed E-state index contributed by atoms with van der Waals surface area (Å²) in [6, 6.07) is 26.6. The largest absolute Gasteiger partial charge is 0.357 e. The van der Waals surface area contributed by atoms with Crippen LogP contribution in [0.25, 0.3) is 0 Å². The molecule has 1 atom stereocenters. The summed E-state index contributed by atoms with van der Waals surface area (Å²) in [5.74, 6) is -0.975. The molecule has 1 N–H and O–H groups in total. The molecule has 0 radical (unpaired) electrons. The van der Waals surface area contributed by atoms with Crippen molar-refractivity contribution in [3.8, 4) is 0 Å². The maximum Gasteiger partial charge on any atom is 0.264 e. The van der Waals surface area contributed by atoms with Gasteiger partial charge < -0.3 is 10.2 Å². The third-order valence-corrected chi connectivity index (χ3v) is 9.46. The number of benzene rings is 4. The van der Waals surface area contributed by atoms with Gasteiger partial charge in [-0.05, 0) is 61.4 Å². The molecule has 0 bridgehead atoms. The molecule has 224 valence electrons. The van der Waals surface area contributed by atoms with Gasteiger partial charge >= 0.3 is 0 Å². The van der Waals surface area contributed by atoms with Crippen molar-refractivity contribution < 1.29 is 18.0 Å². The summed E-state index contributed by atoms with van der Waals surface area (Å²) in [6.07, 6.45) is 0.201. The molecule has 0 aliphatic rings. The first-order valence-corrected chi connectivity index (χ1v) is 15.8. The molecule has 10 heteroatoms. The number of rotatable bonds is 11. The van der Waals surface area contributed by atoms with Gasteiger partial charge in [0.1, 0.15) is 12.6 Å². The zero-order valence-electron chi connectivity index (χ0n) is 24.1. The van der Waals surface area contributed by atoms with E-state index in [1.807, 2.05) is 44.2 Å². The fourth-order valence-corrected chi connectivity index (χ4v) is 6.51. The predicted octanol–water partition coefficient (Wildman–Crippen LogP) is 6.19. The fourth-order valence-electron chi connectivity index (χ4n) is 4.63. The van der Waals surface area contributed by atoms with Gasteiger partial charge in [0.15, 0.2) is 0 Å². The van der Waals surface area contributed by atoms with E-state index in [0.717, 1.165) is 21.0 Å². The SMILES string of the molecule is CNC(=O)[C@@H](Cc1ccccc1)N(Cc1ccc(Cl)cc1Cl)C(=O)CN(c1ccc(C)cc1)S(=O)(=O)c1ccc(C)cc1. The van der Waals surface area contributed by atoms with Crippen molar-refractivity contribution in [2.45, 2.75) is 37.8 Å². The highest BCUT2D eigenvalue weighted by atomic mass is 35.5. The Morgan fingerprint density at radius 2 is 1.44 bits per heavy atom. The molecule has 0 saturated carbocycles.